The van der Waals surface area contributed by atoms with Crippen molar-refractivity contribution in [1.29, 1.82) is 0 Å². The Morgan fingerprint density at radius 1 is 1.58 bits per heavy atom. The maximum Gasteiger partial charge on any atom is 0.295 e. The Balaban J connectivity index is 2.31. The number of nitrogens with zero attached hydrogens (tertiary/aromatic N) is 2. The molecule has 19 heavy (non-hydrogen) atoms. The van der Waals surface area contributed by atoms with Crippen molar-refractivity contribution in [3.05, 3.63) is 33.9 Å². The van der Waals surface area contributed by atoms with E-state index in [1.54, 1.807) is 19.1 Å². The Kier molecular flexibility index (Phi) is 4.01. The number of morpholine rings is 1. The van der Waals surface area contributed by atoms with Crippen LogP contribution in [-0.2, 0) is 4.74 Å². The number of anilines is 1. The molecule has 2 N–H and O–H groups in total. The van der Waals surface area contributed by atoms with Gasteiger partial charge in [-0.3, -0.25) is 10.1 Å². The second kappa shape index (κ2) is 5.54. The first-order chi connectivity index (χ1) is 9.00. The summed E-state index contributed by atoms with van der Waals surface area (Å²) in [4.78, 5) is 12.9. The van der Waals surface area contributed by atoms with Crippen LogP contribution in [0.5, 0.6) is 0 Å². The zero-order valence-corrected chi connectivity index (χ0v) is 11.2. The molecule has 104 valence electrons. The first kappa shape index (κ1) is 13.8. The molecule has 1 fully saturated rings. The number of hydrogen-bond donors (Lipinski definition) is 1. The number of benzene rings is 1. The Labute approximate surface area is 112 Å². The summed E-state index contributed by atoms with van der Waals surface area (Å²) in [6, 6.07) is 5.29. The van der Waals surface area contributed by atoms with Gasteiger partial charge >= 0.3 is 0 Å². The van der Waals surface area contributed by atoms with Gasteiger partial charge in [0.2, 0.25) is 0 Å². The van der Waals surface area contributed by atoms with Crippen LogP contribution in [0.1, 0.15) is 12.5 Å². The molecule has 1 heterocycles. The molecule has 1 aliphatic heterocycles. The van der Waals surface area contributed by atoms with E-state index in [-0.39, 0.29) is 22.8 Å². The first-order valence-electron chi connectivity index (χ1n) is 6.37. The van der Waals surface area contributed by atoms with Gasteiger partial charge in [0.1, 0.15) is 5.69 Å². The quantitative estimate of drug-likeness (QED) is 0.661. The van der Waals surface area contributed by atoms with Gasteiger partial charge in [0.15, 0.2) is 0 Å². The molecule has 0 saturated carbocycles. The number of hydrogen-bond acceptors (Lipinski definition) is 5. The Morgan fingerprint density at radius 3 is 2.95 bits per heavy atom. The maximum atomic E-state index is 11.2. The standard InChI is InChI=1S/C13H19N3O3/c1-9-4-3-5-11(13(9)16(17)18)15-6-7-19-12(8-15)10(2)14/h3-5,10,12H,6-8,14H2,1-2H3. The fourth-order valence-electron chi connectivity index (χ4n) is 2.35. The highest BCUT2D eigenvalue weighted by molar-refractivity contribution is 5.66. The summed E-state index contributed by atoms with van der Waals surface area (Å²) < 4.78 is 5.59. The van der Waals surface area contributed by atoms with E-state index in [1.165, 1.54) is 0 Å². The normalized spacial score (nSPS) is 21.2. The molecule has 0 bridgehead atoms. The SMILES string of the molecule is Cc1cccc(N2CCOC(C(C)N)C2)c1[N+](=O)[O-]. The molecule has 0 aliphatic carbocycles. The molecule has 1 aromatic rings. The number of nitro benzene ring substituents is 1. The third-order valence-corrected chi connectivity index (χ3v) is 3.42. The van der Waals surface area contributed by atoms with Gasteiger partial charge in [-0.25, -0.2) is 0 Å². The number of ether oxygens (including phenoxy) is 1. The van der Waals surface area contributed by atoms with E-state index in [9.17, 15) is 10.1 Å². The maximum absolute atomic E-state index is 11.2. The Morgan fingerprint density at radius 2 is 2.32 bits per heavy atom. The molecule has 2 atom stereocenters. The molecule has 1 saturated heterocycles. The highest BCUT2D eigenvalue weighted by Gasteiger charge is 2.28. The Bertz CT molecular complexity index is 476. The molecule has 1 aliphatic rings. The van der Waals surface area contributed by atoms with Crippen molar-refractivity contribution < 1.29 is 9.66 Å². The molecule has 1 aromatic carbocycles. The van der Waals surface area contributed by atoms with Gasteiger partial charge in [0.25, 0.3) is 5.69 Å². The van der Waals surface area contributed by atoms with Crippen molar-refractivity contribution >= 4 is 11.4 Å². The minimum atomic E-state index is -0.318. The smallest absolute Gasteiger partial charge is 0.295 e. The third kappa shape index (κ3) is 2.85. The van der Waals surface area contributed by atoms with Gasteiger partial charge in [-0.1, -0.05) is 12.1 Å². The molecule has 0 aromatic heterocycles. The van der Waals surface area contributed by atoms with Crippen LogP contribution >= 0.6 is 0 Å². The molecule has 6 nitrogen and oxygen atoms in total. The molecule has 0 spiro atoms. The molecule has 0 amide bonds. The van der Waals surface area contributed by atoms with Crippen LogP contribution in [0.3, 0.4) is 0 Å². The van der Waals surface area contributed by atoms with Crippen LogP contribution in [0, 0.1) is 17.0 Å². The number of aryl methyl sites for hydroxylation is 1. The van der Waals surface area contributed by atoms with E-state index in [0.29, 0.717) is 30.9 Å². The number of para-hydroxylation sites is 1. The van der Waals surface area contributed by atoms with E-state index < -0.39 is 0 Å². The van der Waals surface area contributed by atoms with Gasteiger partial charge in [0, 0.05) is 24.7 Å². The number of rotatable bonds is 3. The highest BCUT2D eigenvalue weighted by Crippen LogP contribution is 2.32. The zero-order valence-electron chi connectivity index (χ0n) is 11.2. The predicted molar refractivity (Wildman–Crippen MR) is 73.4 cm³/mol. The third-order valence-electron chi connectivity index (χ3n) is 3.42. The lowest BCUT2D eigenvalue weighted by atomic mass is 10.1. The molecule has 2 rings (SSSR count). The van der Waals surface area contributed by atoms with Crippen LogP contribution in [-0.4, -0.2) is 36.8 Å². The summed E-state index contributed by atoms with van der Waals surface area (Å²) in [6.45, 7) is 5.41. The molecule has 0 radical (unpaired) electrons. The van der Waals surface area contributed by atoms with Crippen molar-refractivity contribution in [3.63, 3.8) is 0 Å². The van der Waals surface area contributed by atoms with Crippen LogP contribution in [0.15, 0.2) is 18.2 Å². The van der Waals surface area contributed by atoms with Crippen molar-refractivity contribution in [2.45, 2.75) is 26.0 Å². The summed E-state index contributed by atoms with van der Waals surface area (Å²) >= 11 is 0. The Hall–Kier alpha value is -1.66. The monoisotopic (exact) mass is 265 g/mol. The minimum Gasteiger partial charge on any atom is -0.373 e. The average molecular weight is 265 g/mol. The summed E-state index contributed by atoms with van der Waals surface area (Å²) in [6.07, 6.45) is -0.0890. The second-order valence-electron chi connectivity index (χ2n) is 4.91. The van der Waals surface area contributed by atoms with E-state index >= 15 is 0 Å². The summed E-state index contributed by atoms with van der Waals surface area (Å²) in [5.41, 5.74) is 7.35. The number of nitrogens with two attached hydrogens (primary N) is 1. The van der Waals surface area contributed by atoms with Gasteiger partial charge in [-0.05, 0) is 19.9 Å². The summed E-state index contributed by atoms with van der Waals surface area (Å²) in [5, 5.41) is 11.2. The van der Waals surface area contributed by atoms with Crippen molar-refractivity contribution in [2.75, 3.05) is 24.6 Å². The van der Waals surface area contributed by atoms with Crippen molar-refractivity contribution in [3.8, 4) is 0 Å². The van der Waals surface area contributed by atoms with Crippen molar-refractivity contribution in [2.24, 2.45) is 5.73 Å². The lowest BCUT2D eigenvalue weighted by Gasteiger charge is -2.36. The highest BCUT2D eigenvalue weighted by atomic mass is 16.6. The van der Waals surface area contributed by atoms with E-state index in [0.717, 1.165) is 0 Å². The molecule has 6 heteroatoms. The molecular weight excluding hydrogens is 246 g/mol. The summed E-state index contributed by atoms with van der Waals surface area (Å²) in [7, 11) is 0. The van der Waals surface area contributed by atoms with Crippen LogP contribution in [0.2, 0.25) is 0 Å². The fraction of sp³-hybridized carbons (Fsp3) is 0.538. The molecule has 2 unspecified atom stereocenters. The van der Waals surface area contributed by atoms with Crippen LogP contribution < -0.4 is 10.6 Å². The number of nitro groups is 1. The fourth-order valence-corrected chi connectivity index (χ4v) is 2.35. The lowest BCUT2D eigenvalue weighted by molar-refractivity contribution is -0.384. The lowest BCUT2D eigenvalue weighted by Crippen LogP contribution is -2.49. The van der Waals surface area contributed by atoms with Gasteiger partial charge in [0.05, 0.1) is 17.6 Å². The van der Waals surface area contributed by atoms with Crippen LogP contribution in [0.25, 0.3) is 0 Å². The van der Waals surface area contributed by atoms with E-state index in [2.05, 4.69) is 0 Å². The first-order valence-corrected chi connectivity index (χ1v) is 6.37. The summed E-state index contributed by atoms with van der Waals surface area (Å²) in [5.74, 6) is 0. The van der Waals surface area contributed by atoms with Crippen LogP contribution in [0.4, 0.5) is 11.4 Å². The van der Waals surface area contributed by atoms with Crippen molar-refractivity contribution in [1.82, 2.24) is 0 Å². The predicted octanol–water partition coefficient (Wildman–Crippen LogP) is 1.46. The second-order valence-corrected chi connectivity index (χ2v) is 4.91. The van der Waals surface area contributed by atoms with Gasteiger partial charge in [-0.15, -0.1) is 0 Å². The largest absolute Gasteiger partial charge is 0.373 e. The minimum absolute atomic E-state index is 0.0890. The van der Waals surface area contributed by atoms with Gasteiger partial charge < -0.3 is 15.4 Å². The topological polar surface area (TPSA) is 81.6 Å². The molecular formula is C13H19N3O3. The van der Waals surface area contributed by atoms with E-state index in [1.807, 2.05) is 17.9 Å². The average Bonchev–Trinajstić information content (AvgIpc) is 2.38. The zero-order chi connectivity index (χ0) is 14.0. The van der Waals surface area contributed by atoms with E-state index in [4.69, 9.17) is 10.5 Å². The van der Waals surface area contributed by atoms with Gasteiger partial charge in [-0.2, -0.15) is 0 Å².